The van der Waals surface area contributed by atoms with Crippen LogP contribution in [0, 0.1) is 19.8 Å². The molecule has 0 bridgehead atoms. The molecule has 2 heterocycles. The molecule has 8 aromatic rings. The number of para-hydroxylation sites is 1. The Balaban J connectivity index is 1.11. The van der Waals surface area contributed by atoms with Crippen LogP contribution < -0.4 is 31.1 Å². The van der Waals surface area contributed by atoms with Crippen LogP contribution in [0.5, 0.6) is 0 Å². The van der Waals surface area contributed by atoms with Gasteiger partial charge in [-0.3, -0.25) is 0 Å². The van der Waals surface area contributed by atoms with Crippen molar-refractivity contribution < 1.29 is 0 Å². The van der Waals surface area contributed by atoms with Crippen molar-refractivity contribution in [3.63, 3.8) is 0 Å². The number of benzene rings is 8. The number of anilines is 9. The fourth-order valence-electron chi connectivity index (χ4n) is 9.87. The second-order valence-electron chi connectivity index (χ2n) is 16.8. The van der Waals surface area contributed by atoms with Gasteiger partial charge in [0.05, 0.1) is 0 Å². The van der Waals surface area contributed by atoms with Crippen molar-refractivity contribution >= 4 is 74.3 Å². The summed E-state index contributed by atoms with van der Waals surface area (Å²) in [5, 5.41) is 0. The van der Waals surface area contributed by atoms with E-state index < -0.39 is 0 Å². The van der Waals surface area contributed by atoms with Gasteiger partial charge in [0.2, 0.25) is 0 Å². The van der Waals surface area contributed by atoms with E-state index in [1.807, 2.05) is 0 Å². The average Bonchev–Trinajstić information content (AvgIpc) is 3.31. The van der Waals surface area contributed by atoms with Gasteiger partial charge in [0.25, 0.3) is 6.71 Å². The monoisotopic (exact) mass is 783 g/mol. The van der Waals surface area contributed by atoms with Gasteiger partial charge in [0.15, 0.2) is 0 Å². The van der Waals surface area contributed by atoms with Gasteiger partial charge in [0.1, 0.15) is 0 Å². The van der Waals surface area contributed by atoms with Gasteiger partial charge >= 0.3 is 0 Å². The first-order chi connectivity index (χ1) is 30.0. The second-order valence-corrected chi connectivity index (χ2v) is 16.8. The predicted molar refractivity (Wildman–Crippen MR) is 260 cm³/mol. The largest absolute Gasteiger partial charge is 0.311 e. The van der Waals surface area contributed by atoms with Crippen molar-refractivity contribution in [3.8, 4) is 11.1 Å². The molecule has 0 spiro atoms. The molecule has 2 unspecified atom stereocenters. The van der Waals surface area contributed by atoms with Gasteiger partial charge in [-0.15, -0.1) is 0 Å². The molecule has 0 amide bonds. The van der Waals surface area contributed by atoms with Gasteiger partial charge in [0, 0.05) is 57.1 Å². The molecule has 0 saturated carbocycles. The van der Waals surface area contributed by atoms with Crippen molar-refractivity contribution in [1.82, 2.24) is 0 Å². The Morgan fingerprint density at radius 3 is 1.74 bits per heavy atom. The highest BCUT2D eigenvalue weighted by Crippen LogP contribution is 2.46. The summed E-state index contributed by atoms with van der Waals surface area (Å²) in [6.07, 6.45) is 8.98. The molecule has 8 aromatic carbocycles. The maximum Gasteiger partial charge on any atom is 0.252 e. The molecule has 2 atom stereocenters. The standard InChI is InChI=1S/C57H46BN3/c1-39-21-28-48(29-22-39)60-53-36-23-40(2)37-52(53)58-51-35-34-49(38-56(51)61(45-16-8-5-9-17-45)55-20-12-19-54(60)57(55)58)59(46-30-24-43(25-31-46)42-14-6-4-7-15-42)47-32-26-44(27-33-47)50-18-11-10-13-41(50)3/h4-38,41,50H,1-3H3. The summed E-state index contributed by atoms with van der Waals surface area (Å²) in [5.74, 6) is 0.804. The quantitative estimate of drug-likeness (QED) is 0.149. The summed E-state index contributed by atoms with van der Waals surface area (Å²) in [4.78, 5) is 7.38. The maximum atomic E-state index is 2.49. The SMILES string of the molecule is Cc1ccc(N2c3ccc(C)cc3B3c4ccc(N(c5ccc(-c6ccccc6)cc5)c5ccc(C6C=CC=CC6C)cc5)cc4N(c4ccccc4)c4cccc2c43)cc1. The summed E-state index contributed by atoms with van der Waals surface area (Å²) in [6.45, 7) is 6.72. The van der Waals surface area contributed by atoms with Crippen LogP contribution in [0.1, 0.15) is 29.5 Å². The van der Waals surface area contributed by atoms with E-state index in [4.69, 9.17) is 0 Å². The zero-order valence-corrected chi connectivity index (χ0v) is 34.8. The van der Waals surface area contributed by atoms with Crippen LogP contribution in [-0.2, 0) is 0 Å². The zero-order chi connectivity index (χ0) is 41.0. The van der Waals surface area contributed by atoms with Crippen LogP contribution in [0.2, 0.25) is 0 Å². The molecular weight excluding hydrogens is 737 g/mol. The highest BCUT2D eigenvalue weighted by atomic mass is 15.2. The molecule has 0 N–H and O–H groups in total. The fourth-order valence-corrected chi connectivity index (χ4v) is 9.87. The van der Waals surface area contributed by atoms with Crippen molar-refractivity contribution in [3.05, 3.63) is 229 Å². The molecule has 2 aliphatic heterocycles. The topological polar surface area (TPSA) is 9.72 Å². The van der Waals surface area contributed by atoms with E-state index in [-0.39, 0.29) is 6.71 Å². The van der Waals surface area contributed by atoms with Crippen LogP contribution in [0.4, 0.5) is 51.2 Å². The summed E-state index contributed by atoms with van der Waals surface area (Å²) >= 11 is 0. The maximum absolute atomic E-state index is 2.49. The molecule has 0 radical (unpaired) electrons. The first kappa shape index (κ1) is 36.8. The highest BCUT2D eigenvalue weighted by molar-refractivity contribution is 7.00. The van der Waals surface area contributed by atoms with E-state index >= 15 is 0 Å². The number of hydrogen-bond donors (Lipinski definition) is 0. The molecule has 0 fully saturated rings. The molecule has 0 aromatic heterocycles. The van der Waals surface area contributed by atoms with Gasteiger partial charge in [-0.25, -0.2) is 0 Å². The van der Waals surface area contributed by atoms with Gasteiger partial charge in [-0.05, 0) is 132 Å². The van der Waals surface area contributed by atoms with Crippen LogP contribution in [0.25, 0.3) is 11.1 Å². The minimum Gasteiger partial charge on any atom is -0.311 e. The lowest BCUT2D eigenvalue weighted by atomic mass is 9.33. The van der Waals surface area contributed by atoms with E-state index in [9.17, 15) is 0 Å². The number of hydrogen-bond acceptors (Lipinski definition) is 3. The van der Waals surface area contributed by atoms with Gasteiger partial charge in [-0.2, -0.15) is 0 Å². The lowest BCUT2D eigenvalue weighted by Crippen LogP contribution is -2.61. The van der Waals surface area contributed by atoms with Crippen LogP contribution in [-0.4, -0.2) is 6.71 Å². The van der Waals surface area contributed by atoms with Crippen LogP contribution >= 0.6 is 0 Å². The second kappa shape index (κ2) is 15.1. The smallest absolute Gasteiger partial charge is 0.252 e. The summed E-state index contributed by atoms with van der Waals surface area (Å²) in [6, 6.07) is 69.8. The molecule has 292 valence electrons. The Morgan fingerprint density at radius 1 is 0.443 bits per heavy atom. The van der Waals surface area contributed by atoms with Crippen LogP contribution in [0.3, 0.4) is 0 Å². The number of allylic oxidation sites excluding steroid dienone is 4. The number of nitrogens with zero attached hydrogens (tertiary/aromatic N) is 3. The number of rotatable bonds is 7. The third-order valence-corrected chi connectivity index (χ3v) is 12.9. The molecule has 1 aliphatic carbocycles. The number of fused-ring (bicyclic) bond motifs is 4. The van der Waals surface area contributed by atoms with E-state index in [0.717, 1.165) is 22.7 Å². The van der Waals surface area contributed by atoms with Crippen molar-refractivity contribution in [1.29, 1.82) is 0 Å². The lowest BCUT2D eigenvalue weighted by molar-refractivity contribution is 0.635. The van der Waals surface area contributed by atoms with Gasteiger partial charge < -0.3 is 14.7 Å². The minimum absolute atomic E-state index is 0.0456. The molecular formula is C57H46BN3. The zero-order valence-electron chi connectivity index (χ0n) is 34.8. The van der Waals surface area contributed by atoms with E-state index in [1.165, 1.54) is 72.6 Å². The van der Waals surface area contributed by atoms with Crippen molar-refractivity contribution in [2.24, 2.45) is 5.92 Å². The van der Waals surface area contributed by atoms with E-state index in [0.29, 0.717) is 11.8 Å². The minimum atomic E-state index is 0.0456. The fraction of sp³-hybridized carbons (Fsp3) is 0.0877. The molecule has 3 aliphatic rings. The molecule has 61 heavy (non-hydrogen) atoms. The Hall–Kier alpha value is -7.30. The van der Waals surface area contributed by atoms with Crippen molar-refractivity contribution in [2.75, 3.05) is 14.7 Å². The molecule has 4 heteroatoms. The van der Waals surface area contributed by atoms with E-state index in [2.05, 4.69) is 248 Å². The molecule has 0 saturated heterocycles. The Kier molecular flexibility index (Phi) is 9.08. The third kappa shape index (κ3) is 6.38. The summed E-state index contributed by atoms with van der Waals surface area (Å²) < 4.78 is 0. The van der Waals surface area contributed by atoms with E-state index in [1.54, 1.807) is 0 Å². The Bertz CT molecular complexity index is 2950. The third-order valence-electron chi connectivity index (χ3n) is 12.9. The Labute approximate surface area is 360 Å². The normalized spacial score (nSPS) is 15.9. The molecule has 3 nitrogen and oxygen atoms in total. The first-order valence-electron chi connectivity index (χ1n) is 21.5. The Morgan fingerprint density at radius 2 is 1.03 bits per heavy atom. The lowest BCUT2D eigenvalue weighted by Gasteiger charge is -2.44. The first-order valence-corrected chi connectivity index (χ1v) is 21.5. The van der Waals surface area contributed by atoms with Gasteiger partial charge in [-0.1, -0.05) is 152 Å². The highest BCUT2D eigenvalue weighted by Gasteiger charge is 2.43. The number of aryl methyl sites for hydroxylation is 2. The summed E-state index contributed by atoms with van der Waals surface area (Å²) in [7, 11) is 0. The summed E-state index contributed by atoms with van der Waals surface area (Å²) in [5.41, 5.74) is 20.7. The van der Waals surface area contributed by atoms with Crippen molar-refractivity contribution in [2.45, 2.75) is 26.7 Å². The predicted octanol–water partition coefficient (Wildman–Crippen LogP) is 13.4. The molecule has 11 rings (SSSR count). The average molecular weight is 784 g/mol. The van der Waals surface area contributed by atoms with Crippen LogP contribution in [0.15, 0.2) is 212 Å².